The van der Waals surface area contributed by atoms with E-state index in [2.05, 4.69) is 14.7 Å². The molecule has 0 spiro atoms. The maximum absolute atomic E-state index is 13.0. The molecular weight excluding hydrogens is 288 g/mol. The van der Waals surface area contributed by atoms with Gasteiger partial charge in [0.2, 0.25) is 10.0 Å². The molecule has 0 aliphatic carbocycles. The smallest absolute Gasteiger partial charge is 0.240 e. The minimum absolute atomic E-state index is 0.0772. The van der Waals surface area contributed by atoms with Crippen LogP contribution in [0.2, 0.25) is 0 Å². The van der Waals surface area contributed by atoms with Crippen molar-refractivity contribution < 1.29 is 17.2 Å². The van der Waals surface area contributed by atoms with Gasteiger partial charge in [-0.2, -0.15) is 0 Å². The Morgan fingerprint density at radius 3 is 2.25 bits per heavy atom. The number of nitrogens with zero attached hydrogens (tertiary/aromatic N) is 2. The summed E-state index contributed by atoms with van der Waals surface area (Å²) < 4.78 is 52.0. The van der Waals surface area contributed by atoms with Gasteiger partial charge in [-0.1, -0.05) is 0 Å². The summed E-state index contributed by atoms with van der Waals surface area (Å²) in [6, 6.07) is 2.13. The molecule has 0 saturated carbocycles. The van der Waals surface area contributed by atoms with Gasteiger partial charge >= 0.3 is 0 Å². The van der Waals surface area contributed by atoms with Gasteiger partial charge < -0.3 is 0 Å². The first-order valence-corrected chi connectivity index (χ1v) is 7.15. The van der Waals surface area contributed by atoms with Crippen LogP contribution in [0.1, 0.15) is 5.56 Å². The molecule has 0 saturated heterocycles. The second kappa shape index (κ2) is 6.02. The third-order valence-electron chi connectivity index (χ3n) is 2.47. The fraction of sp³-hybridized carbons (Fsp3) is 0.167. The van der Waals surface area contributed by atoms with Gasteiger partial charge in [-0.05, 0) is 24.1 Å². The van der Waals surface area contributed by atoms with E-state index in [-0.39, 0.29) is 6.54 Å². The Kier molecular flexibility index (Phi) is 4.35. The molecule has 0 radical (unpaired) electrons. The Morgan fingerprint density at radius 2 is 1.65 bits per heavy atom. The molecule has 1 heterocycles. The molecule has 1 aromatic heterocycles. The third kappa shape index (κ3) is 3.78. The molecule has 0 bridgehead atoms. The zero-order chi connectivity index (χ0) is 14.6. The minimum atomic E-state index is -3.95. The fourth-order valence-corrected chi connectivity index (χ4v) is 2.63. The highest BCUT2D eigenvalue weighted by Crippen LogP contribution is 2.13. The first-order chi connectivity index (χ1) is 9.47. The van der Waals surface area contributed by atoms with E-state index >= 15 is 0 Å². The number of hydrogen-bond donors (Lipinski definition) is 1. The largest absolute Gasteiger partial charge is 0.245 e. The molecule has 0 aliphatic rings. The van der Waals surface area contributed by atoms with Crippen molar-refractivity contribution in [3.63, 3.8) is 0 Å². The highest BCUT2D eigenvalue weighted by atomic mass is 32.2. The number of sulfonamides is 1. The number of hydrogen-bond acceptors (Lipinski definition) is 4. The topological polar surface area (TPSA) is 72.0 Å². The second-order valence-corrected chi connectivity index (χ2v) is 5.77. The monoisotopic (exact) mass is 299 g/mol. The summed E-state index contributed by atoms with van der Waals surface area (Å²) in [5.74, 6) is -1.89. The van der Waals surface area contributed by atoms with Gasteiger partial charge in [0.15, 0.2) is 0 Å². The van der Waals surface area contributed by atoms with E-state index in [1.807, 2.05) is 0 Å². The third-order valence-corrected chi connectivity index (χ3v) is 3.91. The van der Waals surface area contributed by atoms with Crippen molar-refractivity contribution in [3.05, 3.63) is 54.1 Å². The lowest BCUT2D eigenvalue weighted by Gasteiger charge is -2.07. The van der Waals surface area contributed by atoms with Crippen molar-refractivity contribution in [2.75, 3.05) is 6.54 Å². The van der Waals surface area contributed by atoms with Gasteiger partial charge in [-0.15, -0.1) is 0 Å². The van der Waals surface area contributed by atoms with Crippen LogP contribution in [0.5, 0.6) is 0 Å². The van der Waals surface area contributed by atoms with Crippen molar-refractivity contribution in [2.24, 2.45) is 0 Å². The lowest BCUT2D eigenvalue weighted by atomic mass is 10.2. The Morgan fingerprint density at radius 1 is 1.05 bits per heavy atom. The van der Waals surface area contributed by atoms with Gasteiger partial charge in [0, 0.05) is 25.0 Å². The summed E-state index contributed by atoms with van der Waals surface area (Å²) in [6.07, 6.45) is 4.85. The van der Waals surface area contributed by atoms with E-state index in [1.54, 1.807) is 12.4 Å². The molecule has 20 heavy (non-hydrogen) atoms. The first kappa shape index (κ1) is 14.5. The molecule has 0 amide bonds. The van der Waals surface area contributed by atoms with Crippen molar-refractivity contribution >= 4 is 10.0 Å². The van der Waals surface area contributed by atoms with Gasteiger partial charge in [0.25, 0.3) is 0 Å². The molecule has 0 aliphatic heterocycles. The van der Waals surface area contributed by atoms with Crippen LogP contribution in [0.3, 0.4) is 0 Å². The molecule has 0 unspecified atom stereocenters. The zero-order valence-electron chi connectivity index (χ0n) is 10.3. The second-order valence-electron chi connectivity index (χ2n) is 4.00. The normalized spacial score (nSPS) is 11.5. The van der Waals surface area contributed by atoms with Crippen molar-refractivity contribution in [2.45, 2.75) is 11.3 Å². The number of nitrogens with one attached hydrogen (secondary N) is 1. The molecular formula is C12H11F2N3O2S. The van der Waals surface area contributed by atoms with E-state index < -0.39 is 26.6 Å². The molecule has 0 atom stereocenters. The maximum Gasteiger partial charge on any atom is 0.240 e. The Bertz CT molecular complexity index is 673. The van der Waals surface area contributed by atoms with Crippen molar-refractivity contribution in [1.82, 2.24) is 14.7 Å². The molecule has 2 rings (SSSR count). The van der Waals surface area contributed by atoms with Crippen LogP contribution in [0, 0.1) is 11.6 Å². The van der Waals surface area contributed by atoms with Crippen LogP contribution in [0.15, 0.2) is 41.8 Å². The van der Waals surface area contributed by atoms with E-state index in [1.165, 1.54) is 6.33 Å². The minimum Gasteiger partial charge on any atom is -0.245 e. The van der Waals surface area contributed by atoms with E-state index in [4.69, 9.17) is 0 Å². The predicted molar refractivity (Wildman–Crippen MR) is 67.3 cm³/mol. The Balaban J connectivity index is 2.04. The molecule has 106 valence electrons. The van der Waals surface area contributed by atoms with E-state index in [0.29, 0.717) is 12.5 Å². The molecule has 1 N–H and O–H groups in total. The number of rotatable bonds is 5. The van der Waals surface area contributed by atoms with Crippen molar-refractivity contribution in [1.29, 1.82) is 0 Å². The van der Waals surface area contributed by atoms with E-state index in [9.17, 15) is 17.2 Å². The van der Waals surface area contributed by atoms with E-state index in [0.717, 1.165) is 17.7 Å². The summed E-state index contributed by atoms with van der Waals surface area (Å²) in [6.45, 7) is 0.0772. The van der Waals surface area contributed by atoms with Crippen LogP contribution in [-0.4, -0.2) is 24.9 Å². The maximum atomic E-state index is 13.0. The first-order valence-electron chi connectivity index (χ1n) is 5.67. The van der Waals surface area contributed by atoms with Crippen LogP contribution < -0.4 is 4.72 Å². The average Bonchev–Trinajstić information content (AvgIpc) is 2.38. The Hall–Kier alpha value is -1.93. The lowest BCUT2D eigenvalue weighted by molar-refractivity contribution is 0.561. The summed E-state index contributed by atoms with van der Waals surface area (Å²) in [7, 11) is -3.95. The van der Waals surface area contributed by atoms with Crippen LogP contribution in [0.25, 0.3) is 0 Å². The molecule has 8 heteroatoms. The molecule has 0 fully saturated rings. The van der Waals surface area contributed by atoms with Gasteiger partial charge in [0.05, 0.1) is 4.90 Å². The average molecular weight is 299 g/mol. The summed E-state index contributed by atoms with van der Waals surface area (Å²) >= 11 is 0. The van der Waals surface area contributed by atoms with Crippen LogP contribution >= 0.6 is 0 Å². The lowest BCUT2D eigenvalue weighted by Crippen LogP contribution is -2.26. The predicted octanol–water partition coefficient (Wildman–Crippen LogP) is 1.28. The number of aromatic nitrogens is 2. The van der Waals surface area contributed by atoms with Crippen LogP contribution in [-0.2, 0) is 16.4 Å². The van der Waals surface area contributed by atoms with Gasteiger partial charge in [0.1, 0.15) is 18.0 Å². The molecule has 1 aromatic carbocycles. The molecule has 2 aromatic rings. The highest BCUT2D eigenvalue weighted by Gasteiger charge is 2.15. The van der Waals surface area contributed by atoms with Crippen LogP contribution in [0.4, 0.5) is 8.78 Å². The highest BCUT2D eigenvalue weighted by molar-refractivity contribution is 7.89. The fourth-order valence-electron chi connectivity index (χ4n) is 1.56. The number of benzene rings is 1. The summed E-state index contributed by atoms with van der Waals surface area (Å²) in [5.41, 5.74) is 0.751. The van der Waals surface area contributed by atoms with Gasteiger partial charge in [-0.25, -0.2) is 31.9 Å². The Labute approximate surface area is 114 Å². The van der Waals surface area contributed by atoms with Gasteiger partial charge in [-0.3, -0.25) is 0 Å². The SMILES string of the molecule is O=S(=O)(NCCc1cncnc1)c1cc(F)cc(F)c1. The van der Waals surface area contributed by atoms with Crippen molar-refractivity contribution in [3.8, 4) is 0 Å². The summed E-state index contributed by atoms with van der Waals surface area (Å²) in [4.78, 5) is 7.14. The quantitative estimate of drug-likeness (QED) is 0.902. The molecule has 5 nitrogen and oxygen atoms in total. The zero-order valence-corrected chi connectivity index (χ0v) is 11.1. The number of halogens is 2. The standard InChI is InChI=1S/C12H11F2N3O2S/c13-10-3-11(14)5-12(4-10)20(18,19)17-2-1-9-6-15-8-16-7-9/h3-8,17H,1-2H2. The summed E-state index contributed by atoms with van der Waals surface area (Å²) in [5, 5.41) is 0.